The van der Waals surface area contributed by atoms with Crippen LogP contribution < -0.4 is 0 Å². The van der Waals surface area contributed by atoms with Gasteiger partial charge >= 0.3 is 5.97 Å². The number of carboxylic acids is 1. The number of nitrogens with one attached hydrogen (secondary N) is 1. The van der Waals surface area contributed by atoms with Gasteiger partial charge in [0.2, 0.25) is 0 Å². The molecule has 1 aromatic heterocycles. The summed E-state index contributed by atoms with van der Waals surface area (Å²) in [5.74, 6) is -0.547. The van der Waals surface area contributed by atoms with Crippen molar-refractivity contribution in [2.45, 2.75) is 6.61 Å². The molecule has 80 valence electrons. The standard InChI is InChI=1S/C9H8N2O3.ClH/c12-4-8-10-6-2-1-5(9(13)14)3-7(6)11-8;/h1-3,12H,4H2,(H,10,11)(H,13,14);1H. The number of aromatic carboxylic acids is 1. The summed E-state index contributed by atoms with van der Waals surface area (Å²) in [6.07, 6.45) is 0. The zero-order valence-electron chi connectivity index (χ0n) is 7.60. The van der Waals surface area contributed by atoms with Gasteiger partial charge in [-0.3, -0.25) is 0 Å². The predicted octanol–water partition coefficient (Wildman–Crippen LogP) is 1.18. The third-order valence-electron chi connectivity index (χ3n) is 1.93. The number of hydrogen-bond donors (Lipinski definition) is 3. The van der Waals surface area contributed by atoms with Crippen LogP contribution in [0, 0.1) is 0 Å². The van der Waals surface area contributed by atoms with Gasteiger partial charge < -0.3 is 15.2 Å². The van der Waals surface area contributed by atoms with Crippen LogP contribution in [0.3, 0.4) is 0 Å². The van der Waals surface area contributed by atoms with Gasteiger partial charge in [-0.05, 0) is 18.2 Å². The molecule has 2 aromatic rings. The van der Waals surface area contributed by atoms with E-state index in [-0.39, 0.29) is 24.6 Å². The van der Waals surface area contributed by atoms with E-state index in [0.29, 0.717) is 16.9 Å². The Morgan fingerprint density at radius 1 is 1.47 bits per heavy atom. The lowest BCUT2D eigenvalue weighted by atomic mass is 10.2. The molecule has 0 atom stereocenters. The van der Waals surface area contributed by atoms with Gasteiger partial charge in [-0.15, -0.1) is 12.4 Å². The van der Waals surface area contributed by atoms with Gasteiger partial charge in [0.05, 0.1) is 16.6 Å². The molecule has 0 spiro atoms. The summed E-state index contributed by atoms with van der Waals surface area (Å²) >= 11 is 0. The summed E-state index contributed by atoms with van der Waals surface area (Å²) in [6.45, 7) is -0.183. The smallest absolute Gasteiger partial charge is 0.335 e. The third kappa shape index (κ3) is 2.08. The number of imidazole rings is 1. The number of H-pyrrole nitrogens is 1. The Balaban J connectivity index is 0.00000112. The minimum Gasteiger partial charge on any atom is -0.478 e. The van der Waals surface area contributed by atoms with Crippen molar-refractivity contribution in [2.75, 3.05) is 0 Å². The highest BCUT2D eigenvalue weighted by Gasteiger charge is 2.06. The number of aromatic nitrogens is 2. The van der Waals surface area contributed by atoms with Crippen LogP contribution in [-0.4, -0.2) is 26.2 Å². The molecule has 0 saturated heterocycles. The molecule has 0 saturated carbocycles. The van der Waals surface area contributed by atoms with Crippen molar-refractivity contribution in [3.63, 3.8) is 0 Å². The Morgan fingerprint density at radius 2 is 2.20 bits per heavy atom. The molecule has 0 aliphatic rings. The molecule has 15 heavy (non-hydrogen) atoms. The number of benzene rings is 1. The van der Waals surface area contributed by atoms with E-state index in [4.69, 9.17) is 10.2 Å². The van der Waals surface area contributed by atoms with Crippen LogP contribution in [0.4, 0.5) is 0 Å². The highest BCUT2D eigenvalue weighted by Crippen LogP contribution is 2.13. The van der Waals surface area contributed by atoms with Gasteiger partial charge in [0, 0.05) is 0 Å². The molecule has 0 amide bonds. The van der Waals surface area contributed by atoms with Crippen LogP contribution in [0.15, 0.2) is 18.2 Å². The number of aliphatic hydroxyl groups excluding tert-OH is 1. The van der Waals surface area contributed by atoms with E-state index in [0.717, 1.165) is 0 Å². The molecule has 0 radical (unpaired) electrons. The van der Waals surface area contributed by atoms with Crippen LogP contribution in [0.5, 0.6) is 0 Å². The predicted molar refractivity (Wildman–Crippen MR) is 56.2 cm³/mol. The number of aromatic amines is 1. The summed E-state index contributed by atoms with van der Waals surface area (Å²) < 4.78 is 0. The normalized spacial score (nSPS) is 9.93. The molecule has 0 unspecified atom stereocenters. The second-order valence-electron chi connectivity index (χ2n) is 2.88. The molecular weight excluding hydrogens is 220 g/mol. The van der Waals surface area contributed by atoms with Crippen molar-refractivity contribution in [2.24, 2.45) is 0 Å². The van der Waals surface area contributed by atoms with E-state index in [1.807, 2.05) is 0 Å². The van der Waals surface area contributed by atoms with E-state index in [2.05, 4.69) is 9.97 Å². The Labute approximate surface area is 91.2 Å². The van der Waals surface area contributed by atoms with E-state index >= 15 is 0 Å². The van der Waals surface area contributed by atoms with E-state index in [1.165, 1.54) is 12.1 Å². The number of hydrogen-bond acceptors (Lipinski definition) is 3. The van der Waals surface area contributed by atoms with Crippen molar-refractivity contribution < 1.29 is 15.0 Å². The Kier molecular flexibility index (Phi) is 3.28. The first-order valence-electron chi connectivity index (χ1n) is 4.03. The van der Waals surface area contributed by atoms with Crippen molar-refractivity contribution in [3.8, 4) is 0 Å². The average molecular weight is 229 g/mol. The largest absolute Gasteiger partial charge is 0.478 e. The van der Waals surface area contributed by atoms with Crippen LogP contribution in [0.2, 0.25) is 0 Å². The maximum absolute atomic E-state index is 10.6. The van der Waals surface area contributed by atoms with Gasteiger partial charge in [-0.1, -0.05) is 0 Å². The molecule has 0 aliphatic heterocycles. The molecule has 1 heterocycles. The minimum absolute atomic E-state index is 0. The van der Waals surface area contributed by atoms with Crippen molar-refractivity contribution in [3.05, 3.63) is 29.6 Å². The van der Waals surface area contributed by atoms with Crippen LogP contribution >= 0.6 is 12.4 Å². The SMILES string of the molecule is Cl.O=C(O)c1ccc2nc(CO)[nH]c2c1. The summed E-state index contributed by atoms with van der Waals surface area (Å²) in [5.41, 5.74) is 1.47. The zero-order valence-corrected chi connectivity index (χ0v) is 8.41. The average Bonchev–Trinajstić information content (AvgIpc) is 2.58. The molecule has 0 bridgehead atoms. The molecule has 2 rings (SSSR count). The van der Waals surface area contributed by atoms with Gasteiger partial charge in [-0.2, -0.15) is 0 Å². The lowest BCUT2D eigenvalue weighted by molar-refractivity contribution is 0.0697. The number of halogens is 1. The molecule has 0 fully saturated rings. The highest BCUT2D eigenvalue weighted by atomic mass is 35.5. The number of aliphatic hydroxyl groups is 1. The first kappa shape index (κ1) is 11.5. The molecule has 3 N–H and O–H groups in total. The molecule has 1 aromatic carbocycles. The van der Waals surface area contributed by atoms with Crippen molar-refractivity contribution >= 4 is 29.4 Å². The summed E-state index contributed by atoms with van der Waals surface area (Å²) in [6, 6.07) is 4.57. The monoisotopic (exact) mass is 228 g/mol. The van der Waals surface area contributed by atoms with Crippen LogP contribution in [0.1, 0.15) is 16.2 Å². The van der Waals surface area contributed by atoms with Crippen LogP contribution in [0.25, 0.3) is 11.0 Å². The quantitative estimate of drug-likeness (QED) is 0.720. The number of rotatable bonds is 2. The Hall–Kier alpha value is -1.59. The summed E-state index contributed by atoms with van der Waals surface area (Å²) in [7, 11) is 0. The fourth-order valence-corrected chi connectivity index (χ4v) is 1.27. The Bertz CT molecular complexity index is 495. The fraction of sp³-hybridized carbons (Fsp3) is 0.111. The second kappa shape index (κ2) is 4.29. The van der Waals surface area contributed by atoms with Gasteiger partial charge in [0.15, 0.2) is 0 Å². The minimum atomic E-state index is -0.980. The topological polar surface area (TPSA) is 86.2 Å². The Morgan fingerprint density at radius 3 is 2.80 bits per heavy atom. The summed E-state index contributed by atoms with van der Waals surface area (Å²) in [5, 5.41) is 17.5. The molecular formula is C9H9ClN2O3. The number of carbonyl (C=O) groups is 1. The summed E-state index contributed by atoms with van der Waals surface area (Å²) in [4.78, 5) is 17.5. The molecule has 5 nitrogen and oxygen atoms in total. The first-order valence-corrected chi connectivity index (χ1v) is 4.03. The number of carboxylic acid groups (broad SMARTS) is 1. The maximum Gasteiger partial charge on any atom is 0.335 e. The van der Waals surface area contributed by atoms with Crippen molar-refractivity contribution in [1.82, 2.24) is 9.97 Å². The van der Waals surface area contributed by atoms with Gasteiger partial charge in [0.25, 0.3) is 0 Å². The second-order valence-corrected chi connectivity index (χ2v) is 2.88. The maximum atomic E-state index is 10.6. The number of nitrogens with zero attached hydrogens (tertiary/aromatic N) is 1. The lowest BCUT2D eigenvalue weighted by Gasteiger charge is -1.92. The number of fused-ring (bicyclic) bond motifs is 1. The lowest BCUT2D eigenvalue weighted by Crippen LogP contribution is -1.94. The third-order valence-corrected chi connectivity index (χ3v) is 1.93. The first-order chi connectivity index (χ1) is 6.70. The van der Waals surface area contributed by atoms with Gasteiger partial charge in [0.1, 0.15) is 12.4 Å². The molecule has 0 aliphatic carbocycles. The van der Waals surface area contributed by atoms with Gasteiger partial charge in [-0.25, -0.2) is 9.78 Å². The zero-order chi connectivity index (χ0) is 10.1. The van der Waals surface area contributed by atoms with Crippen molar-refractivity contribution in [1.29, 1.82) is 0 Å². The van der Waals surface area contributed by atoms with E-state index < -0.39 is 5.97 Å². The fourth-order valence-electron chi connectivity index (χ4n) is 1.27. The van der Waals surface area contributed by atoms with Crippen LogP contribution in [-0.2, 0) is 6.61 Å². The van der Waals surface area contributed by atoms with E-state index in [1.54, 1.807) is 6.07 Å². The highest BCUT2D eigenvalue weighted by molar-refractivity contribution is 5.92. The molecule has 6 heteroatoms. The van der Waals surface area contributed by atoms with E-state index in [9.17, 15) is 4.79 Å².